The normalized spacial score (nSPS) is 15.1. The number of hydrogen-bond acceptors (Lipinski definition) is 6. The van der Waals surface area contributed by atoms with Crippen molar-refractivity contribution in [3.8, 4) is 11.5 Å². The second kappa shape index (κ2) is 13.9. The maximum atomic E-state index is 12.9. The minimum Gasteiger partial charge on any atom is -0.493 e. The molecular formula is C27H41N3O4. The Labute approximate surface area is 204 Å². The Morgan fingerprint density at radius 1 is 0.971 bits per heavy atom. The molecule has 2 aromatic carbocycles. The van der Waals surface area contributed by atoms with E-state index in [4.69, 9.17) is 9.47 Å². The topological polar surface area (TPSA) is 65.5 Å². The van der Waals surface area contributed by atoms with Crippen molar-refractivity contribution < 1.29 is 19.4 Å². The van der Waals surface area contributed by atoms with Gasteiger partial charge in [0, 0.05) is 45.5 Å². The third-order valence-electron chi connectivity index (χ3n) is 5.94. The third-order valence-corrected chi connectivity index (χ3v) is 5.94. The fourth-order valence-corrected chi connectivity index (χ4v) is 4.16. The van der Waals surface area contributed by atoms with Gasteiger partial charge in [-0.25, -0.2) is 0 Å². The van der Waals surface area contributed by atoms with Gasteiger partial charge in [0.05, 0.1) is 13.7 Å². The summed E-state index contributed by atoms with van der Waals surface area (Å²) in [5.41, 5.74) is 3.21. The number of β-amino-alcohol motifs (C(OH)–C–C–N with tert-alkyl or cyclic N) is 1. The van der Waals surface area contributed by atoms with Gasteiger partial charge in [-0.15, -0.1) is 0 Å². The van der Waals surface area contributed by atoms with E-state index in [1.165, 1.54) is 0 Å². The smallest absolute Gasteiger partial charge is 0.240 e. The zero-order valence-electron chi connectivity index (χ0n) is 21.6. The van der Waals surface area contributed by atoms with Crippen LogP contribution in [0, 0.1) is 13.8 Å². The number of para-hydroxylation sites is 3. The number of benzene rings is 2. The van der Waals surface area contributed by atoms with Crippen LogP contribution in [0.5, 0.6) is 11.5 Å². The number of piperazine rings is 1. The summed E-state index contributed by atoms with van der Waals surface area (Å²) in [6.07, 6.45) is -0.594. The molecule has 1 atom stereocenters. The average molecular weight is 472 g/mol. The number of aliphatic hydroxyl groups excluding tert-OH is 1. The summed E-state index contributed by atoms with van der Waals surface area (Å²) >= 11 is 0. The number of likely N-dealkylation sites (N-methyl/N-ethyl adjacent to an activating group) is 1. The lowest BCUT2D eigenvalue weighted by Gasteiger charge is -2.36. The van der Waals surface area contributed by atoms with E-state index in [0.717, 1.165) is 43.0 Å². The number of aryl methyl sites for hydroxylation is 2. The first-order chi connectivity index (χ1) is 16.4. The van der Waals surface area contributed by atoms with Gasteiger partial charge >= 0.3 is 0 Å². The number of aliphatic hydroxyl groups is 1. The molecule has 1 aliphatic heterocycles. The lowest BCUT2D eigenvalue weighted by atomic mass is 10.1. The quantitative estimate of drug-likeness (QED) is 0.605. The molecule has 2 aromatic rings. The van der Waals surface area contributed by atoms with Crippen LogP contribution in [-0.4, -0.2) is 87.0 Å². The van der Waals surface area contributed by atoms with Crippen LogP contribution in [0.2, 0.25) is 0 Å². The monoisotopic (exact) mass is 471 g/mol. The Hall–Kier alpha value is -2.61. The van der Waals surface area contributed by atoms with E-state index in [-0.39, 0.29) is 12.5 Å². The highest BCUT2D eigenvalue weighted by atomic mass is 16.5. The molecule has 34 heavy (non-hydrogen) atoms. The van der Waals surface area contributed by atoms with Gasteiger partial charge in [0.15, 0.2) is 11.5 Å². The predicted octanol–water partition coefficient (Wildman–Crippen LogP) is 3.36. The zero-order chi connectivity index (χ0) is 25.1. The van der Waals surface area contributed by atoms with Gasteiger partial charge in [-0.05, 0) is 37.1 Å². The highest BCUT2D eigenvalue weighted by Gasteiger charge is 2.23. The molecule has 3 rings (SSSR count). The zero-order valence-corrected chi connectivity index (χ0v) is 21.6. The maximum absolute atomic E-state index is 12.9. The number of hydrogen-bond donors (Lipinski definition) is 1. The van der Waals surface area contributed by atoms with Crippen LogP contribution in [0.25, 0.3) is 0 Å². The van der Waals surface area contributed by atoms with Crippen LogP contribution in [0.15, 0.2) is 42.5 Å². The Morgan fingerprint density at radius 3 is 2.12 bits per heavy atom. The van der Waals surface area contributed by atoms with Crippen molar-refractivity contribution in [3.63, 3.8) is 0 Å². The number of carbonyl (C=O) groups excluding carboxylic acids is 1. The summed E-state index contributed by atoms with van der Waals surface area (Å²) in [4.78, 5) is 19.0. The molecule has 1 fully saturated rings. The van der Waals surface area contributed by atoms with Crippen LogP contribution < -0.4 is 14.4 Å². The van der Waals surface area contributed by atoms with Crippen LogP contribution in [-0.2, 0) is 4.79 Å². The molecule has 1 amide bonds. The molecule has 0 bridgehead atoms. The number of anilines is 1. The SMILES string of the molecule is CC.COc1ccccc1OCC(O)CN1CCN(CC(=O)N(C)c2c(C)cccc2C)CC1. The fourth-order valence-electron chi connectivity index (χ4n) is 4.16. The first-order valence-corrected chi connectivity index (χ1v) is 12.1. The molecule has 1 saturated heterocycles. The number of amides is 1. The molecule has 188 valence electrons. The molecule has 7 heteroatoms. The highest BCUT2D eigenvalue weighted by molar-refractivity contribution is 5.95. The van der Waals surface area contributed by atoms with Gasteiger partial charge < -0.3 is 19.5 Å². The van der Waals surface area contributed by atoms with E-state index in [9.17, 15) is 9.90 Å². The van der Waals surface area contributed by atoms with Gasteiger partial charge in [0.2, 0.25) is 5.91 Å². The number of methoxy groups -OCH3 is 1. The van der Waals surface area contributed by atoms with Crippen molar-refractivity contribution >= 4 is 11.6 Å². The van der Waals surface area contributed by atoms with Crippen molar-refractivity contribution in [1.29, 1.82) is 0 Å². The first-order valence-electron chi connectivity index (χ1n) is 12.1. The molecule has 0 saturated carbocycles. The van der Waals surface area contributed by atoms with E-state index < -0.39 is 6.10 Å². The Bertz CT molecular complexity index is 877. The summed E-state index contributed by atoms with van der Waals surface area (Å²) in [5.74, 6) is 1.38. The molecule has 7 nitrogen and oxygen atoms in total. The summed E-state index contributed by atoms with van der Waals surface area (Å²) in [5, 5.41) is 10.4. The Balaban J connectivity index is 0.00000199. The van der Waals surface area contributed by atoms with Crippen molar-refractivity contribution in [2.75, 3.05) is 64.9 Å². The Morgan fingerprint density at radius 2 is 1.53 bits per heavy atom. The van der Waals surface area contributed by atoms with Crippen LogP contribution in [0.1, 0.15) is 25.0 Å². The second-order valence-electron chi connectivity index (χ2n) is 8.39. The minimum atomic E-state index is -0.594. The van der Waals surface area contributed by atoms with E-state index in [0.29, 0.717) is 24.6 Å². The standard InChI is InChI=1S/C25H35N3O4.C2H6/c1-19-8-7-9-20(2)25(19)26(3)24(30)17-28-14-12-27(13-15-28)16-21(29)18-32-23-11-6-5-10-22(23)31-4;1-2/h5-11,21,29H,12-18H2,1-4H3;1-2H3. The summed E-state index contributed by atoms with van der Waals surface area (Å²) < 4.78 is 11.0. The van der Waals surface area contributed by atoms with Crippen molar-refractivity contribution in [3.05, 3.63) is 53.6 Å². The second-order valence-corrected chi connectivity index (χ2v) is 8.39. The molecule has 1 N–H and O–H groups in total. The number of ether oxygens (including phenoxy) is 2. The molecule has 1 aliphatic rings. The maximum Gasteiger partial charge on any atom is 0.240 e. The van der Waals surface area contributed by atoms with E-state index in [2.05, 4.69) is 9.80 Å². The van der Waals surface area contributed by atoms with Gasteiger partial charge in [-0.1, -0.05) is 44.2 Å². The van der Waals surface area contributed by atoms with Crippen LogP contribution >= 0.6 is 0 Å². The predicted molar refractivity (Wildman–Crippen MR) is 138 cm³/mol. The van der Waals surface area contributed by atoms with Gasteiger partial charge in [-0.2, -0.15) is 0 Å². The molecule has 0 radical (unpaired) electrons. The van der Waals surface area contributed by atoms with Gasteiger partial charge in [0.25, 0.3) is 0 Å². The molecule has 0 aromatic heterocycles. The summed E-state index contributed by atoms with van der Waals surface area (Å²) in [6.45, 7) is 12.4. The molecule has 0 aliphatic carbocycles. The van der Waals surface area contributed by atoms with Crippen LogP contribution in [0.3, 0.4) is 0 Å². The number of nitrogens with zero attached hydrogens (tertiary/aromatic N) is 3. The van der Waals surface area contributed by atoms with Crippen LogP contribution in [0.4, 0.5) is 5.69 Å². The fraction of sp³-hybridized carbons (Fsp3) is 0.519. The lowest BCUT2D eigenvalue weighted by molar-refractivity contribution is -0.120. The van der Waals surface area contributed by atoms with Crippen molar-refractivity contribution in [2.45, 2.75) is 33.8 Å². The summed E-state index contributed by atoms with van der Waals surface area (Å²) in [7, 11) is 3.45. The highest BCUT2D eigenvalue weighted by Crippen LogP contribution is 2.26. The number of carbonyl (C=O) groups is 1. The van der Waals surface area contributed by atoms with Gasteiger partial charge in [0.1, 0.15) is 12.7 Å². The van der Waals surface area contributed by atoms with E-state index in [1.807, 2.05) is 77.2 Å². The first kappa shape index (κ1) is 27.6. The average Bonchev–Trinajstić information content (AvgIpc) is 2.85. The van der Waals surface area contributed by atoms with E-state index >= 15 is 0 Å². The van der Waals surface area contributed by atoms with E-state index in [1.54, 1.807) is 12.0 Å². The Kier molecular flexibility index (Phi) is 11.3. The van der Waals surface area contributed by atoms with Crippen molar-refractivity contribution in [1.82, 2.24) is 9.80 Å². The largest absolute Gasteiger partial charge is 0.493 e. The minimum absolute atomic E-state index is 0.0982. The molecule has 1 heterocycles. The molecule has 0 spiro atoms. The molecular weight excluding hydrogens is 430 g/mol. The summed E-state index contributed by atoms with van der Waals surface area (Å²) in [6, 6.07) is 13.5. The van der Waals surface area contributed by atoms with Crippen molar-refractivity contribution in [2.24, 2.45) is 0 Å². The molecule has 1 unspecified atom stereocenters. The lowest BCUT2D eigenvalue weighted by Crippen LogP contribution is -2.51. The number of rotatable bonds is 9. The third kappa shape index (κ3) is 7.72. The van der Waals surface area contributed by atoms with Gasteiger partial charge in [-0.3, -0.25) is 14.6 Å².